The second-order valence-corrected chi connectivity index (χ2v) is 6.34. The van der Waals surface area contributed by atoms with E-state index in [0.717, 1.165) is 46.1 Å². The van der Waals surface area contributed by atoms with Crippen molar-refractivity contribution in [3.8, 4) is 0 Å². The van der Waals surface area contributed by atoms with Gasteiger partial charge in [-0.15, -0.1) is 0 Å². The second kappa shape index (κ2) is 5.06. The Labute approximate surface area is 122 Å². The van der Waals surface area contributed by atoms with Crippen molar-refractivity contribution in [3.05, 3.63) is 46.2 Å². The van der Waals surface area contributed by atoms with Gasteiger partial charge in [-0.05, 0) is 50.5 Å². The molecule has 0 bridgehead atoms. The molecule has 0 spiro atoms. The zero-order chi connectivity index (χ0) is 13.4. The van der Waals surface area contributed by atoms with E-state index in [-0.39, 0.29) is 0 Å². The van der Waals surface area contributed by atoms with E-state index in [1.807, 2.05) is 24.3 Å². The highest BCUT2D eigenvalue weighted by Crippen LogP contribution is 2.38. The lowest BCUT2D eigenvalue weighted by atomic mass is 9.96. The average Bonchev–Trinajstić information content (AvgIpc) is 2.70. The van der Waals surface area contributed by atoms with Gasteiger partial charge in [0.2, 0.25) is 0 Å². The van der Waals surface area contributed by atoms with Crippen LogP contribution in [-0.2, 0) is 6.42 Å². The summed E-state index contributed by atoms with van der Waals surface area (Å²) in [5, 5.41) is 8.92. The summed E-state index contributed by atoms with van der Waals surface area (Å²) < 4.78 is 0. The first-order valence-electron chi connectivity index (χ1n) is 6.38. The predicted octanol–water partition coefficient (Wildman–Crippen LogP) is 4.83. The van der Waals surface area contributed by atoms with Gasteiger partial charge in [0.1, 0.15) is 0 Å². The Kier molecular flexibility index (Phi) is 3.42. The van der Waals surface area contributed by atoms with E-state index in [1.165, 1.54) is 10.6 Å². The van der Waals surface area contributed by atoms with Crippen LogP contribution in [0.2, 0.25) is 5.02 Å². The van der Waals surface area contributed by atoms with Crippen LogP contribution in [0, 0.1) is 12.3 Å². The van der Waals surface area contributed by atoms with Crippen LogP contribution in [0.3, 0.4) is 0 Å². The Morgan fingerprint density at radius 2 is 1.95 bits per heavy atom. The smallest absolute Gasteiger partial charge is 0.0420 e. The Bertz CT molecular complexity index is 628. The Hall–Kier alpha value is -1.19. The molecule has 1 aliphatic carbocycles. The van der Waals surface area contributed by atoms with Crippen molar-refractivity contribution in [2.45, 2.75) is 36.0 Å². The van der Waals surface area contributed by atoms with Crippen LogP contribution in [0.5, 0.6) is 0 Å². The molecule has 4 heteroatoms. The summed E-state index contributed by atoms with van der Waals surface area (Å²) in [5.74, 6) is 0. The van der Waals surface area contributed by atoms with Crippen LogP contribution in [-0.4, -0.2) is 10.7 Å². The summed E-state index contributed by atoms with van der Waals surface area (Å²) >= 11 is 7.63. The highest BCUT2D eigenvalue weighted by atomic mass is 35.5. The van der Waals surface area contributed by atoms with Gasteiger partial charge in [0, 0.05) is 37.5 Å². The lowest BCUT2D eigenvalue weighted by molar-refractivity contribution is 0.813. The standard InChI is InChI=1S/C15H15ClN2S/c1-9-15(19-11-7-5-10(16)6-8-11)14-12(17)3-2-4-13(14)18-9/h5-8,17-18H,2-4H2,1H3. The molecule has 0 aliphatic heterocycles. The number of halogens is 1. The van der Waals surface area contributed by atoms with E-state index in [4.69, 9.17) is 17.0 Å². The monoisotopic (exact) mass is 290 g/mol. The van der Waals surface area contributed by atoms with Crippen LogP contribution in [0.15, 0.2) is 34.1 Å². The normalized spacial score (nSPS) is 14.5. The van der Waals surface area contributed by atoms with Gasteiger partial charge >= 0.3 is 0 Å². The molecule has 1 heterocycles. The molecule has 0 radical (unpaired) electrons. The zero-order valence-electron chi connectivity index (χ0n) is 10.7. The topological polar surface area (TPSA) is 39.6 Å². The Morgan fingerprint density at radius 1 is 1.21 bits per heavy atom. The number of hydrogen-bond donors (Lipinski definition) is 2. The van der Waals surface area contributed by atoms with Gasteiger partial charge in [-0.2, -0.15) is 0 Å². The van der Waals surface area contributed by atoms with Gasteiger partial charge in [0.15, 0.2) is 0 Å². The Balaban J connectivity index is 1.99. The molecule has 1 aromatic carbocycles. The van der Waals surface area contributed by atoms with Crippen LogP contribution < -0.4 is 0 Å². The number of H-pyrrole nitrogens is 1. The summed E-state index contributed by atoms with van der Waals surface area (Å²) in [6, 6.07) is 7.86. The summed E-state index contributed by atoms with van der Waals surface area (Å²) in [7, 11) is 0. The fourth-order valence-corrected chi connectivity index (χ4v) is 3.68. The number of benzene rings is 1. The first-order chi connectivity index (χ1) is 9.15. The Morgan fingerprint density at radius 3 is 2.68 bits per heavy atom. The number of aromatic amines is 1. The largest absolute Gasteiger partial charge is 0.361 e. The molecular formula is C15H15ClN2S. The highest BCUT2D eigenvalue weighted by Gasteiger charge is 2.22. The summed E-state index contributed by atoms with van der Waals surface area (Å²) in [4.78, 5) is 5.80. The third kappa shape index (κ3) is 2.45. The van der Waals surface area contributed by atoms with Crippen molar-refractivity contribution in [2.75, 3.05) is 0 Å². The van der Waals surface area contributed by atoms with Crippen LogP contribution >= 0.6 is 23.4 Å². The summed E-state index contributed by atoms with van der Waals surface area (Å²) in [6.45, 7) is 2.09. The van der Waals surface area contributed by atoms with Crippen molar-refractivity contribution in [2.24, 2.45) is 0 Å². The SMILES string of the molecule is Cc1[nH]c2c(c1Sc1ccc(Cl)cc1)C(=N)CCC2. The average molecular weight is 291 g/mol. The number of hydrogen-bond acceptors (Lipinski definition) is 2. The molecule has 2 aromatic rings. The minimum absolute atomic E-state index is 0.755. The molecular weight excluding hydrogens is 276 g/mol. The van der Waals surface area contributed by atoms with Crippen LogP contribution in [0.25, 0.3) is 0 Å². The number of nitrogens with one attached hydrogen (secondary N) is 2. The molecule has 3 rings (SSSR count). The van der Waals surface area contributed by atoms with Crippen molar-refractivity contribution in [1.29, 1.82) is 5.41 Å². The van der Waals surface area contributed by atoms with Crippen molar-refractivity contribution in [3.63, 3.8) is 0 Å². The van der Waals surface area contributed by atoms with Gasteiger partial charge in [-0.1, -0.05) is 23.4 Å². The lowest BCUT2D eigenvalue weighted by Gasteiger charge is -2.14. The predicted molar refractivity (Wildman–Crippen MR) is 80.9 cm³/mol. The number of aromatic nitrogens is 1. The number of fused-ring (bicyclic) bond motifs is 1. The van der Waals surface area contributed by atoms with Gasteiger partial charge < -0.3 is 10.4 Å². The number of aryl methyl sites for hydroxylation is 2. The maximum atomic E-state index is 8.17. The van der Waals surface area contributed by atoms with E-state index < -0.39 is 0 Å². The molecule has 2 N–H and O–H groups in total. The van der Waals surface area contributed by atoms with Crippen molar-refractivity contribution in [1.82, 2.24) is 4.98 Å². The molecule has 19 heavy (non-hydrogen) atoms. The molecule has 0 atom stereocenters. The fraction of sp³-hybridized carbons (Fsp3) is 0.267. The molecule has 0 amide bonds. The summed E-state index contributed by atoms with van der Waals surface area (Å²) in [5.41, 5.74) is 4.28. The molecule has 0 unspecified atom stereocenters. The van der Waals surface area contributed by atoms with Gasteiger partial charge in [0.25, 0.3) is 0 Å². The minimum atomic E-state index is 0.755. The van der Waals surface area contributed by atoms with E-state index in [1.54, 1.807) is 11.8 Å². The molecule has 2 nitrogen and oxygen atoms in total. The zero-order valence-corrected chi connectivity index (χ0v) is 12.3. The molecule has 1 aromatic heterocycles. The molecule has 98 valence electrons. The fourth-order valence-electron chi connectivity index (χ4n) is 2.49. The maximum absolute atomic E-state index is 8.17. The summed E-state index contributed by atoms with van der Waals surface area (Å²) in [6.07, 6.45) is 3.02. The molecule has 0 fully saturated rings. The minimum Gasteiger partial charge on any atom is -0.361 e. The molecule has 1 aliphatic rings. The van der Waals surface area contributed by atoms with Crippen LogP contribution in [0.4, 0.5) is 0 Å². The van der Waals surface area contributed by atoms with Gasteiger partial charge in [-0.25, -0.2) is 0 Å². The van der Waals surface area contributed by atoms with Gasteiger partial charge in [0.05, 0.1) is 0 Å². The molecule has 0 saturated carbocycles. The highest BCUT2D eigenvalue weighted by molar-refractivity contribution is 7.99. The van der Waals surface area contributed by atoms with Gasteiger partial charge in [-0.3, -0.25) is 0 Å². The van der Waals surface area contributed by atoms with Crippen molar-refractivity contribution < 1.29 is 0 Å². The number of rotatable bonds is 2. The third-order valence-corrected chi connectivity index (χ3v) is 4.87. The first-order valence-corrected chi connectivity index (χ1v) is 7.57. The van der Waals surface area contributed by atoms with Crippen LogP contribution in [0.1, 0.15) is 29.8 Å². The first kappa shape index (κ1) is 12.8. The lowest BCUT2D eigenvalue weighted by Crippen LogP contribution is -2.09. The molecule has 0 saturated heterocycles. The second-order valence-electron chi connectivity index (χ2n) is 4.82. The maximum Gasteiger partial charge on any atom is 0.0420 e. The van der Waals surface area contributed by atoms with E-state index in [2.05, 4.69) is 11.9 Å². The van der Waals surface area contributed by atoms with E-state index in [9.17, 15) is 0 Å². The quantitative estimate of drug-likeness (QED) is 0.817. The van der Waals surface area contributed by atoms with Crippen molar-refractivity contribution >= 4 is 29.1 Å². The van der Waals surface area contributed by atoms with E-state index >= 15 is 0 Å². The van der Waals surface area contributed by atoms with E-state index in [0.29, 0.717) is 0 Å². The third-order valence-electron chi connectivity index (χ3n) is 3.40.